The van der Waals surface area contributed by atoms with Gasteiger partial charge in [-0.15, -0.1) is 0 Å². The van der Waals surface area contributed by atoms with Gasteiger partial charge in [0.25, 0.3) is 5.69 Å². The Morgan fingerprint density at radius 3 is 2.14 bits per heavy atom. The Morgan fingerprint density at radius 1 is 1.06 bits per heavy atom. The van der Waals surface area contributed by atoms with Crippen molar-refractivity contribution in [1.82, 2.24) is 9.55 Å². The number of nitrogens with zero attached hydrogens (tertiary/aromatic N) is 3. The van der Waals surface area contributed by atoms with Crippen LogP contribution in [0.3, 0.4) is 0 Å². The third-order valence-corrected chi connectivity index (χ3v) is 4.70. The molecule has 0 saturated heterocycles. The standard InChI is InChI=1S/C20H22N4O5.C2H2O4/c1-23-16(14-6-5-7-15(10-14)24(25)26)12-22-20(23)21-11-13-8-17(27-2)19(29-4)18(9-13)28-3;3-1(4)2(5)6/h5-10,12H,11H2,1-4H3,(H,21,22);(H,3,4)(H,5,6). The summed E-state index contributed by atoms with van der Waals surface area (Å²) in [5, 5.41) is 29.1. The molecule has 0 fully saturated rings. The van der Waals surface area contributed by atoms with E-state index >= 15 is 0 Å². The molecule has 186 valence electrons. The molecule has 1 heterocycles. The molecule has 0 spiro atoms. The van der Waals surface area contributed by atoms with Crippen LogP contribution in [0.2, 0.25) is 0 Å². The van der Waals surface area contributed by atoms with E-state index in [0.717, 1.165) is 16.8 Å². The van der Waals surface area contributed by atoms with Crippen molar-refractivity contribution in [3.8, 4) is 28.5 Å². The molecule has 0 radical (unpaired) electrons. The van der Waals surface area contributed by atoms with Crippen LogP contribution in [0.5, 0.6) is 17.2 Å². The number of aliphatic carboxylic acids is 2. The van der Waals surface area contributed by atoms with Gasteiger partial charge in [0.05, 0.1) is 38.1 Å². The highest BCUT2D eigenvalue weighted by Gasteiger charge is 2.15. The number of aromatic nitrogens is 2. The minimum absolute atomic E-state index is 0.0376. The number of carboxylic acids is 2. The van der Waals surface area contributed by atoms with Crippen molar-refractivity contribution in [3.05, 3.63) is 58.3 Å². The lowest BCUT2D eigenvalue weighted by Gasteiger charge is -2.15. The second-order valence-electron chi connectivity index (χ2n) is 6.83. The minimum atomic E-state index is -1.82. The molecule has 0 amide bonds. The zero-order chi connectivity index (χ0) is 26.1. The molecule has 13 nitrogen and oxygen atoms in total. The number of anilines is 1. The minimum Gasteiger partial charge on any atom is -0.493 e. The lowest BCUT2D eigenvalue weighted by Crippen LogP contribution is -2.09. The summed E-state index contributed by atoms with van der Waals surface area (Å²) in [6, 6.07) is 10.2. The van der Waals surface area contributed by atoms with Crippen LogP contribution in [0.15, 0.2) is 42.6 Å². The van der Waals surface area contributed by atoms with E-state index in [0.29, 0.717) is 29.7 Å². The number of ether oxygens (including phenoxy) is 3. The molecule has 2 aromatic carbocycles. The second-order valence-corrected chi connectivity index (χ2v) is 6.83. The van der Waals surface area contributed by atoms with Crippen LogP contribution < -0.4 is 19.5 Å². The molecule has 3 rings (SSSR count). The van der Waals surface area contributed by atoms with Gasteiger partial charge in [-0.05, 0) is 17.7 Å². The topological polar surface area (TPSA) is 175 Å². The fraction of sp³-hybridized carbons (Fsp3) is 0.227. The van der Waals surface area contributed by atoms with Crippen molar-refractivity contribution in [2.45, 2.75) is 6.54 Å². The maximum Gasteiger partial charge on any atom is 0.414 e. The van der Waals surface area contributed by atoms with Crippen molar-refractivity contribution in [2.24, 2.45) is 7.05 Å². The van der Waals surface area contributed by atoms with Crippen LogP contribution in [0.1, 0.15) is 5.56 Å². The van der Waals surface area contributed by atoms with Crippen LogP contribution in [0.25, 0.3) is 11.3 Å². The number of carboxylic acid groups (broad SMARTS) is 2. The van der Waals surface area contributed by atoms with Crippen molar-refractivity contribution >= 4 is 23.6 Å². The van der Waals surface area contributed by atoms with Gasteiger partial charge in [-0.1, -0.05) is 12.1 Å². The third kappa shape index (κ3) is 6.60. The van der Waals surface area contributed by atoms with Gasteiger partial charge in [-0.3, -0.25) is 10.1 Å². The molecule has 0 atom stereocenters. The molecular weight excluding hydrogens is 464 g/mol. The zero-order valence-corrected chi connectivity index (χ0v) is 19.3. The number of benzene rings is 2. The quantitative estimate of drug-likeness (QED) is 0.241. The molecule has 13 heteroatoms. The van der Waals surface area contributed by atoms with E-state index in [2.05, 4.69) is 10.3 Å². The molecule has 0 bridgehead atoms. The van der Waals surface area contributed by atoms with Gasteiger partial charge in [-0.25, -0.2) is 14.6 Å². The van der Waals surface area contributed by atoms with E-state index in [1.54, 1.807) is 33.6 Å². The van der Waals surface area contributed by atoms with Crippen molar-refractivity contribution in [1.29, 1.82) is 0 Å². The maximum atomic E-state index is 11.0. The summed E-state index contributed by atoms with van der Waals surface area (Å²) < 4.78 is 17.9. The molecule has 3 aromatic rings. The average molecular weight is 488 g/mol. The smallest absolute Gasteiger partial charge is 0.414 e. The van der Waals surface area contributed by atoms with E-state index < -0.39 is 16.9 Å². The van der Waals surface area contributed by atoms with Crippen LogP contribution >= 0.6 is 0 Å². The number of rotatable bonds is 8. The molecule has 0 aliphatic carbocycles. The molecule has 35 heavy (non-hydrogen) atoms. The van der Waals surface area contributed by atoms with Gasteiger partial charge in [0, 0.05) is 31.3 Å². The van der Waals surface area contributed by atoms with Gasteiger partial charge in [0.1, 0.15) is 0 Å². The number of nitro groups is 1. The monoisotopic (exact) mass is 488 g/mol. The predicted octanol–water partition coefficient (Wildman–Crippen LogP) is 2.79. The number of nitrogens with one attached hydrogen (secondary N) is 1. The van der Waals surface area contributed by atoms with Crippen molar-refractivity contribution in [3.63, 3.8) is 0 Å². The summed E-state index contributed by atoms with van der Waals surface area (Å²) in [6.07, 6.45) is 1.68. The first-order valence-corrected chi connectivity index (χ1v) is 9.88. The lowest BCUT2D eigenvalue weighted by molar-refractivity contribution is -0.384. The molecule has 0 aliphatic rings. The van der Waals surface area contributed by atoms with E-state index in [1.807, 2.05) is 29.8 Å². The van der Waals surface area contributed by atoms with Gasteiger partial charge >= 0.3 is 11.9 Å². The number of hydrogen-bond donors (Lipinski definition) is 3. The number of imidazole rings is 1. The highest BCUT2D eigenvalue weighted by atomic mass is 16.6. The average Bonchev–Trinajstić information content (AvgIpc) is 3.22. The Morgan fingerprint density at radius 2 is 1.66 bits per heavy atom. The largest absolute Gasteiger partial charge is 0.493 e. The highest BCUT2D eigenvalue weighted by molar-refractivity contribution is 6.27. The summed E-state index contributed by atoms with van der Waals surface area (Å²) in [4.78, 5) is 33.2. The van der Waals surface area contributed by atoms with Crippen molar-refractivity contribution in [2.75, 3.05) is 26.6 Å². The van der Waals surface area contributed by atoms with E-state index in [9.17, 15) is 10.1 Å². The first-order valence-electron chi connectivity index (χ1n) is 9.88. The molecule has 3 N–H and O–H groups in total. The zero-order valence-electron chi connectivity index (χ0n) is 19.3. The van der Waals surface area contributed by atoms with Gasteiger partial charge in [0.15, 0.2) is 11.5 Å². The fourth-order valence-corrected chi connectivity index (χ4v) is 3.04. The molecule has 0 saturated carbocycles. The van der Waals surface area contributed by atoms with Gasteiger partial charge in [-0.2, -0.15) is 0 Å². The summed E-state index contributed by atoms with van der Waals surface area (Å²) in [5.41, 5.74) is 2.44. The maximum absolute atomic E-state index is 11.0. The first-order chi connectivity index (χ1) is 16.6. The Labute approximate surface area is 199 Å². The lowest BCUT2D eigenvalue weighted by atomic mass is 10.1. The highest BCUT2D eigenvalue weighted by Crippen LogP contribution is 2.38. The number of nitro benzene ring substituents is 1. The van der Waals surface area contributed by atoms with Crippen LogP contribution in [-0.2, 0) is 23.2 Å². The number of carbonyl (C=O) groups is 2. The van der Waals surface area contributed by atoms with Gasteiger partial charge < -0.3 is 34.3 Å². The normalized spacial score (nSPS) is 9.94. The predicted molar refractivity (Wildman–Crippen MR) is 124 cm³/mol. The Balaban J connectivity index is 0.000000641. The Bertz CT molecular complexity index is 1190. The molecule has 0 aliphatic heterocycles. The van der Waals surface area contributed by atoms with E-state index in [4.69, 9.17) is 34.0 Å². The Kier molecular flexibility index (Phi) is 8.97. The number of non-ortho nitro benzene ring substituents is 1. The number of hydrogen-bond acceptors (Lipinski definition) is 9. The summed E-state index contributed by atoms with van der Waals surface area (Å²) in [6.45, 7) is 0.468. The summed E-state index contributed by atoms with van der Waals surface area (Å²) in [7, 11) is 6.54. The molecule has 0 unspecified atom stereocenters. The van der Waals surface area contributed by atoms with Crippen molar-refractivity contribution < 1.29 is 38.9 Å². The van der Waals surface area contributed by atoms with Crippen LogP contribution in [0.4, 0.5) is 11.6 Å². The fourth-order valence-electron chi connectivity index (χ4n) is 3.04. The summed E-state index contributed by atoms with van der Waals surface area (Å²) in [5.74, 6) is -1.35. The van der Waals surface area contributed by atoms with Crippen LogP contribution in [0, 0.1) is 10.1 Å². The molecular formula is C22H24N4O9. The van der Waals surface area contributed by atoms with E-state index in [-0.39, 0.29) is 5.69 Å². The Hall–Kier alpha value is -4.81. The van der Waals surface area contributed by atoms with Crippen LogP contribution in [-0.4, -0.2) is 58.0 Å². The number of methoxy groups -OCH3 is 3. The van der Waals surface area contributed by atoms with E-state index in [1.165, 1.54) is 12.1 Å². The molecule has 1 aromatic heterocycles. The van der Waals surface area contributed by atoms with Gasteiger partial charge in [0.2, 0.25) is 11.7 Å². The second kappa shape index (κ2) is 11.9. The SMILES string of the molecule is COc1cc(CNc2ncc(-c3cccc([N+](=O)[O-])c3)n2C)cc(OC)c1OC.O=C(O)C(=O)O. The third-order valence-electron chi connectivity index (χ3n) is 4.70. The summed E-state index contributed by atoms with van der Waals surface area (Å²) >= 11 is 0. The first kappa shape index (κ1) is 26.4.